The van der Waals surface area contributed by atoms with Crippen LogP contribution in [0.2, 0.25) is 0 Å². The van der Waals surface area contributed by atoms with Crippen LogP contribution >= 0.6 is 28.3 Å². The molecule has 2 atom stereocenters. The van der Waals surface area contributed by atoms with Crippen LogP contribution in [0, 0.1) is 11.8 Å². The highest BCUT2D eigenvalue weighted by atomic mass is 79.9. The minimum absolute atomic E-state index is 0. The van der Waals surface area contributed by atoms with Crippen molar-refractivity contribution in [2.45, 2.75) is 26.2 Å². The molecule has 1 aromatic rings. The fraction of sp³-hybridized carbons (Fsp3) is 0.562. The van der Waals surface area contributed by atoms with Crippen LogP contribution in [0.25, 0.3) is 0 Å². The molecule has 2 unspecified atom stereocenters. The molecule has 0 radical (unpaired) electrons. The molecule has 1 amide bonds. The second-order valence-electron chi connectivity index (χ2n) is 5.61. The Morgan fingerprint density at radius 1 is 1.52 bits per heavy atom. The molecule has 1 aromatic carbocycles. The highest BCUT2D eigenvalue weighted by Gasteiger charge is 2.29. The van der Waals surface area contributed by atoms with Gasteiger partial charge in [0.1, 0.15) is 0 Å². The smallest absolute Gasteiger partial charge is 0.226 e. The van der Waals surface area contributed by atoms with Crippen molar-refractivity contribution in [3.63, 3.8) is 0 Å². The summed E-state index contributed by atoms with van der Waals surface area (Å²) < 4.78 is 1.07. The first-order valence-electron chi connectivity index (χ1n) is 7.37. The average Bonchev–Trinajstić information content (AvgIpc) is 2.93. The number of nitrogens with two attached hydrogens (primary N) is 1. The lowest BCUT2D eigenvalue weighted by molar-refractivity contribution is -0.134. The van der Waals surface area contributed by atoms with Crippen molar-refractivity contribution in [2.24, 2.45) is 17.6 Å². The maximum Gasteiger partial charge on any atom is 0.226 e. The van der Waals surface area contributed by atoms with Crippen molar-refractivity contribution >= 4 is 34.2 Å². The van der Waals surface area contributed by atoms with Crippen molar-refractivity contribution in [3.05, 3.63) is 34.3 Å². The zero-order valence-corrected chi connectivity index (χ0v) is 14.8. The van der Waals surface area contributed by atoms with Gasteiger partial charge in [0.2, 0.25) is 5.91 Å². The number of likely N-dealkylation sites (tertiary alicyclic amines) is 1. The predicted octanol–water partition coefficient (Wildman–Crippen LogP) is 3.25. The van der Waals surface area contributed by atoms with Crippen molar-refractivity contribution in [1.82, 2.24) is 4.90 Å². The molecule has 118 valence electrons. The van der Waals surface area contributed by atoms with Gasteiger partial charge in [-0.2, -0.15) is 0 Å². The summed E-state index contributed by atoms with van der Waals surface area (Å²) in [6.07, 6.45) is 2.75. The molecule has 2 rings (SSSR count). The Hall–Kier alpha value is -0.580. The van der Waals surface area contributed by atoms with E-state index in [1.807, 2.05) is 17.0 Å². The second-order valence-corrected chi connectivity index (χ2v) is 6.53. The lowest BCUT2D eigenvalue weighted by Crippen LogP contribution is -2.35. The fourth-order valence-electron chi connectivity index (χ4n) is 2.84. The second kappa shape index (κ2) is 8.76. The Morgan fingerprint density at radius 2 is 2.29 bits per heavy atom. The molecule has 0 bridgehead atoms. The summed E-state index contributed by atoms with van der Waals surface area (Å²) in [5.74, 6) is 0.867. The Bertz CT molecular complexity index is 469. The number of hydrogen-bond acceptors (Lipinski definition) is 2. The molecule has 1 saturated heterocycles. The first-order chi connectivity index (χ1) is 9.63. The average molecular weight is 376 g/mol. The van der Waals surface area contributed by atoms with Crippen LogP contribution in [0.15, 0.2) is 28.7 Å². The third-order valence-electron chi connectivity index (χ3n) is 4.14. The number of halogens is 2. The number of rotatable bonds is 5. The van der Waals surface area contributed by atoms with Crippen LogP contribution in [-0.2, 0) is 11.2 Å². The topological polar surface area (TPSA) is 46.3 Å². The number of nitrogens with zero attached hydrogens (tertiary/aromatic N) is 1. The molecule has 2 N–H and O–H groups in total. The summed E-state index contributed by atoms with van der Waals surface area (Å²) in [5.41, 5.74) is 6.92. The van der Waals surface area contributed by atoms with Crippen LogP contribution < -0.4 is 5.73 Å². The van der Waals surface area contributed by atoms with E-state index in [2.05, 4.69) is 35.0 Å². The van der Waals surface area contributed by atoms with Gasteiger partial charge in [0.15, 0.2) is 0 Å². The molecular weight excluding hydrogens is 352 g/mol. The van der Waals surface area contributed by atoms with Crippen molar-refractivity contribution in [3.8, 4) is 0 Å². The van der Waals surface area contributed by atoms with Crippen LogP contribution in [-0.4, -0.2) is 30.4 Å². The quantitative estimate of drug-likeness (QED) is 0.858. The number of benzene rings is 1. The van der Waals surface area contributed by atoms with Gasteiger partial charge in [-0.05, 0) is 49.4 Å². The van der Waals surface area contributed by atoms with E-state index in [9.17, 15) is 4.79 Å². The van der Waals surface area contributed by atoms with Crippen molar-refractivity contribution in [1.29, 1.82) is 0 Å². The van der Waals surface area contributed by atoms with E-state index < -0.39 is 0 Å². The highest BCUT2D eigenvalue weighted by molar-refractivity contribution is 9.10. The first-order valence-corrected chi connectivity index (χ1v) is 8.16. The van der Waals surface area contributed by atoms with Gasteiger partial charge in [0, 0.05) is 23.5 Å². The van der Waals surface area contributed by atoms with E-state index in [0.717, 1.165) is 36.8 Å². The minimum Gasteiger partial charge on any atom is -0.342 e. The van der Waals surface area contributed by atoms with Crippen LogP contribution in [0.3, 0.4) is 0 Å². The molecule has 1 aliphatic heterocycles. The zero-order valence-electron chi connectivity index (χ0n) is 12.4. The SMILES string of the molecule is CCC(Cc1cccc(Br)c1)C(=O)N1CCC(CN)C1.Cl. The predicted molar refractivity (Wildman–Crippen MR) is 92.6 cm³/mol. The Balaban J connectivity index is 0.00000220. The summed E-state index contributed by atoms with van der Waals surface area (Å²) in [6.45, 7) is 4.49. The number of amides is 1. The van der Waals surface area contributed by atoms with E-state index in [-0.39, 0.29) is 18.3 Å². The van der Waals surface area contributed by atoms with Gasteiger partial charge >= 0.3 is 0 Å². The molecule has 1 aliphatic rings. The standard InChI is InChI=1S/C16H23BrN2O.ClH/c1-2-14(8-12-4-3-5-15(17)9-12)16(20)19-7-6-13(10-18)11-19;/h3-5,9,13-14H,2,6-8,10-11,18H2,1H3;1H. The lowest BCUT2D eigenvalue weighted by atomic mass is 9.95. The van der Waals surface area contributed by atoms with E-state index in [1.165, 1.54) is 5.56 Å². The number of carbonyl (C=O) groups excluding carboxylic acids is 1. The molecule has 3 nitrogen and oxygen atoms in total. The molecule has 5 heteroatoms. The number of carbonyl (C=O) groups is 1. The van der Waals surface area contributed by atoms with E-state index >= 15 is 0 Å². The normalized spacial score (nSPS) is 19.2. The molecule has 0 saturated carbocycles. The van der Waals surface area contributed by atoms with Crippen molar-refractivity contribution in [2.75, 3.05) is 19.6 Å². The van der Waals surface area contributed by atoms with Gasteiger partial charge < -0.3 is 10.6 Å². The lowest BCUT2D eigenvalue weighted by Gasteiger charge is -2.23. The third kappa shape index (κ3) is 4.97. The molecule has 0 aliphatic carbocycles. The Labute approximate surface area is 141 Å². The van der Waals surface area contributed by atoms with Crippen molar-refractivity contribution < 1.29 is 4.79 Å². The van der Waals surface area contributed by atoms with Gasteiger partial charge in [0.25, 0.3) is 0 Å². The first kappa shape index (κ1) is 18.5. The molecule has 1 heterocycles. The summed E-state index contributed by atoms with van der Waals surface area (Å²) in [4.78, 5) is 14.6. The van der Waals surface area contributed by atoms with Gasteiger partial charge in [-0.25, -0.2) is 0 Å². The van der Waals surface area contributed by atoms with Crippen LogP contribution in [0.1, 0.15) is 25.3 Å². The zero-order chi connectivity index (χ0) is 14.5. The molecule has 0 spiro atoms. The minimum atomic E-state index is 0. The largest absolute Gasteiger partial charge is 0.342 e. The molecular formula is C16H24BrClN2O. The Kier molecular flexibility index (Phi) is 7.71. The third-order valence-corrected chi connectivity index (χ3v) is 4.64. The molecule has 21 heavy (non-hydrogen) atoms. The summed E-state index contributed by atoms with van der Waals surface area (Å²) in [6, 6.07) is 8.23. The maximum atomic E-state index is 12.6. The summed E-state index contributed by atoms with van der Waals surface area (Å²) in [7, 11) is 0. The Morgan fingerprint density at radius 3 is 2.86 bits per heavy atom. The van der Waals surface area contributed by atoms with Gasteiger partial charge in [-0.1, -0.05) is 35.0 Å². The van der Waals surface area contributed by atoms with Gasteiger partial charge in [-0.3, -0.25) is 4.79 Å². The molecule has 1 fully saturated rings. The summed E-state index contributed by atoms with van der Waals surface area (Å²) >= 11 is 3.49. The number of hydrogen-bond donors (Lipinski definition) is 1. The van der Waals surface area contributed by atoms with Gasteiger partial charge in [-0.15, -0.1) is 12.4 Å². The van der Waals surface area contributed by atoms with E-state index in [4.69, 9.17) is 5.73 Å². The monoisotopic (exact) mass is 374 g/mol. The maximum absolute atomic E-state index is 12.6. The van der Waals surface area contributed by atoms with E-state index in [1.54, 1.807) is 0 Å². The highest BCUT2D eigenvalue weighted by Crippen LogP contribution is 2.22. The molecule has 0 aromatic heterocycles. The van der Waals surface area contributed by atoms with Gasteiger partial charge in [0.05, 0.1) is 0 Å². The van der Waals surface area contributed by atoms with Crippen LogP contribution in [0.5, 0.6) is 0 Å². The fourth-order valence-corrected chi connectivity index (χ4v) is 3.28. The van der Waals surface area contributed by atoms with Crippen LogP contribution in [0.4, 0.5) is 0 Å². The summed E-state index contributed by atoms with van der Waals surface area (Å²) in [5, 5.41) is 0. The van der Waals surface area contributed by atoms with E-state index in [0.29, 0.717) is 18.4 Å².